The monoisotopic (exact) mass is 479 g/mol. The molecule has 0 saturated carbocycles. The highest BCUT2D eigenvalue weighted by Crippen LogP contribution is 2.40. The fourth-order valence-corrected chi connectivity index (χ4v) is 4.59. The fraction of sp³-hybridized carbons (Fsp3) is 0.160. The van der Waals surface area contributed by atoms with Crippen molar-refractivity contribution >= 4 is 17.3 Å². The van der Waals surface area contributed by atoms with Crippen molar-refractivity contribution in [2.75, 3.05) is 0 Å². The number of hydrogen-bond donors (Lipinski definition) is 1. The van der Waals surface area contributed by atoms with Crippen LogP contribution in [0.4, 0.5) is 13.2 Å². The minimum Gasteiger partial charge on any atom is -0.352 e. The van der Waals surface area contributed by atoms with Crippen LogP contribution in [0.25, 0.3) is 5.69 Å². The van der Waals surface area contributed by atoms with Crippen LogP contribution in [0.3, 0.4) is 0 Å². The van der Waals surface area contributed by atoms with Crippen molar-refractivity contribution in [3.8, 4) is 5.69 Å². The van der Waals surface area contributed by atoms with Crippen molar-refractivity contribution in [3.63, 3.8) is 0 Å². The van der Waals surface area contributed by atoms with Crippen LogP contribution in [0, 0.1) is 0 Å². The zero-order chi connectivity index (χ0) is 23.7. The third-order valence-corrected chi connectivity index (χ3v) is 6.16. The lowest BCUT2D eigenvalue weighted by molar-refractivity contribution is -0.137. The average molecular weight is 480 g/mol. The summed E-state index contributed by atoms with van der Waals surface area (Å²) < 4.78 is 42.0. The van der Waals surface area contributed by atoms with E-state index in [1.165, 1.54) is 6.07 Å². The van der Waals surface area contributed by atoms with E-state index in [4.69, 9.17) is 12.2 Å². The fourth-order valence-electron chi connectivity index (χ4n) is 4.29. The van der Waals surface area contributed by atoms with Crippen molar-refractivity contribution in [1.82, 2.24) is 24.8 Å². The molecule has 0 unspecified atom stereocenters. The highest BCUT2D eigenvalue weighted by atomic mass is 32.1. The van der Waals surface area contributed by atoms with Crippen LogP contribution >= 0.6 is 12.2 Å². The van der Waals surface area contributed by atoms with E-state index in [-0.39, 0.29) is 12.1 Å². The van der Waals surface area contributed by atoms with Crippen LogP contribution in [0.5, 0.6) is 0 Å². The number of pyridine rings is 2. The maximum atomic E-state index is 13.4. The number of thiocarbonyl (C=S) groups is 1. The van der Waals surface area contributed by atoms with E-state index in [9.17, 15) is 13.2 Å². The Kier molecular flexibility index (Phi) is 5.79. The quantitative estimate of drug-likeness (QED) is 0.385. The molecule has 1 N–H and O–H groups in total. The van der Waals surface area contributed by atoms with Crippen molar-refractivity contribution < 1.29 is 13.2 Å². The van der Waals surface area contributed by atoms with Gasteiger partial charge in [-0.25, -0.2) is 0 Å². The molecule has 0 amide bonds. The lowest BCUT2D eigenvalue weighted by Gasteiger charge is -2.29. The minimum atomic E-state index is -4.43. The smallest absolute Gasteiger partial charge is 0.352 e. The van der Waals surface area contributed by atoms with E-state index in [0.29, 0.717) is 17.3 Å². The topological polar surface area (TPSA) is 46.0 Å². The van der Waals surface area contributed by atoms with Crippen LogP contribution < -0.4 is 5.32 Å². The van der Waals surface area contributed by atoms with Crippen LogP contribution in [-0.4, -0.2) is 24.5 Å². The maximum Gasteiger partial charge on any atom is 0.416 e. The molecule has 4 heterocycles. The van der Waals surface area contributed by atoms with Gasteiger partial charge in [-0.2, -0.15) is 13.2 Å². The van der Waals surface area contributed by atoms with Gasteiger partial charge in [-0.3, -0.25) is 9.97 Å². The lowest BCUT2D eigenvalue weighted by atomic mass is 10.0. The highest BCUT2D eigenvalue weighted by molar-refractivity contribution is 7.80. The van der Waals surface area contributed by atoms with Gasteiger partial charge in [0, 0.05) is 42.7 Å². The molecule has 1 aliphatic rings. The standard InChI is InChI=1S/C25H20F3N5S/c26-25(27,28)18-7-3-8-19(14-18)32-13-5-10-21(32)23-22(20-9-1-2-12-30-20)31-24(34)33(23)16-17-6-4-11-29-15-17/h1-15,22-23H,16H2,(H,31,34)/t22-,23-/m0/s1. The van der Waals surface area contributed by atoms with Gasteiger partial charge in [0.1, 0.15) is 0 Å². The molecule has 5 nitrogen and oxygen atoms in total. The van der Waals surface area contributed by atoms with E-state index in [1.807, 2.05) is 47.4 Å². The molecule has 4 aromatic rings. The summed E-state index contributed by atoms with van der Waals surface area (Å²) in [5.41, 5.74) is 2.29. The molecule has 1 fully saturated rings. The number of halogens is 3. The van der Waals surface area contributed by atoms with Gasteiger partial charge in [-0.05, 0) is 66.3 Å². The number of alkyl halides is 3. The van der Waals surface area contributed by atoms with E-state index >= 15 is 0 Å². The van der Waals surface area contributed by atoms with Crippen molar-refractivity contribution in [3.05, 3.63) is 114 Å². The Bertz CT molecular complexity index is 1290. The van der Waals surface area contributed by atoms with Gasteiger partial charge in [0.05, 0.1) is 23.3 Å². The first-order valence-electron chi connectivity index (χ1n) is 10.6. The zero-order valence-electron chi connectivity index (χ0n) is 17.9. The zero-order valence-corrected chi connectivity index (χ0v) is 18.7. The molecule has 5 rings (SSSR count). The normalized spacial score (nSPS) is 18.2. The summed E-state index contributed by atoms with van der Waals surface area (Å²) in [5.74, 6) is 0. The van der Waals surface area contributed by atoms with Gasteiger partial charge in [-0.15, -0.1) is 0 Å². The van der Waals surface area contributed by atoms with Gasteiger partial charge in [0.15, 0.2) is 5.11 Å². The number of rotatable bonds is 5. The Hall–Kier alpha value is -3.72. The number of benzene rings is 1. The van der Waals surface area contributed by atoms with E-state index < -0.39 is 11.7 Å². The molecular formula is C25H20F3N5S. The van der Waals surface area contributed by atoms with Gasteiger partial charge in [0.25, 0.3) is 0 Å². The van der Waals surface area contributed by atoms with Crippen LogP contribution in [0.2, 0.25) is 0 Å². The summed E-state index contributed by atoms with van der Waals surface area (Å²) in [7, 11) is 0. The molecule has 3 aromatic heterocycles. The van der Waals surface area contributed by atoms with Crippen molar-refractivity contribution in [2.24, 2.45) is 0 Å². The molecule has 1 aromatic carbocycles. The van der Waals surface area contributed by atoms with E-state index in [1.54, 1.807) is 35.4 Å². The number of hydrogen-bond acceptors (Lipinski definition) is 3. The first-order chi connectivity index (χ1) is 16.4. The van der Waals surface area contributed by atoms with Crippen LogP contribution in [0.15, 0.2) is 91.5 Å². The van der Waals surface area contributed by atoms with Crippen LogP contribution in [-0.2, 0) is 12.7 Å². The van der Waals surface area contributed by atoms with Gasteiger partial charge >= 0.3 is 6.18 Å². The molecule has 2 atom stereocenters. The van der Waals surface area contributed by atoms with Crippen molar-refractivity contribution in [1.29, 1.82) is 0 Å². The summed E-state index contributed by atoms with van der Waals surface area (Å²) in [4.78, 5) is 10.8. The summed E-state index contributed by atoms with van der Waals surface area (Å²) >= 11 is 5.71. The lowest BCUT2D eigenvalue weighted by Crippen LogP contribution is -2.30. The molecule has 9 heteroatoms. The number of aromatic nitrogens is 3. The second-order valence-electron chi connectivity index (χ2n) is 7.97. The molecular weight excluding hydrogens is 459 g/mol. The molecule has 34 heavy (non-hydrogen) atoms. The van der Waals surface area contributed by atoms with Gasteiger partial charge in [0.2, 0.25) is 0 Å². The predicted octanol–water partition coefficient (Wildman–Crippen LogP) is 5.46. The number of nitrogens with one attached hydrogen (secondary N) is 1. The summed E-state index contributed by atoms with van der Waals surface area (Å²) in [6.07, 6.45) is 2.54. The Morgan fingerprint density at radius 2 is 1.85 bits per heavy atom. The third kappa shape index (κ3) is 4.26. The SMILES string of the molecule is FC(F)(F)c1cccc(-n2cccc2[C@H]2[C@H](c3ccccn3)NC(=S)N2Cc2cccnc2)c1. The molecule has 172 valence electrons. The second-order valence-corrected chi connectivity index (χ2v) is 8.35. The molecule has 0 bridgehead atoms. The molecule has 1 aliphatic heterocycles. The average Bonchev–Trinajstić information content (AvgIpc) is 3.45. The minimum absolute atomic E-state index is 0.287. The van der Waals surface area contributed by atoms with Crippen LogP contribution in [0.1, 0.15) is 34.6 Å². The van der Waals surface area contributed by atoms with Gasteiger partial charge < -0.3 is 14.8 Å². The predicted molar refractivity (Wildman–Crippen MR) is 126 cm³/mol. The van der Waals surface area contributed by atoms with E-state index in [0.717, 1.165) is 29.1 Å². The Morgan fingerprint density at radius 1 is 0.971 bits per heavy atom. The first kappa shape index (κ1) is 22.1. The largest absolute Gasteiger partial charge is 0.416 e. The Balaban J connectivity index is 1.60. The summed E-state index contributed by atoms with van der Waals surface area (Å²) in [6, 6.07) is 17.9. The third-order valence-electron chi connectivity index (χ3n) is 5.81. The van der Waals surface area contributed by atoms with Gasteiger partial charge in [-0.1, -0.05) is 18.2 Å². The first-order valence-corrected chi connectivity index (χ1v) is 11.0. The van der Waals surface area contributed by atoms with Crippen molar-refractivity contribution in [2.45, 2.75) is 24.8 Å². The molecule has 1 saturated heterocycles. The number of nitrogens with zero attached hydrogens (tertiary/aromatic N) is 4. The summed E-state index contributed by atoms with van der Waals surface area (Å²) in [5, 5.41) is 3.92. The molecule has 0 aliphatic carbocycles. The maximum absolute atomic E-state index is 13.4. The summed E-state index contributed by atoms with van der Waals surface area (Å²) in [6.45, 7) is 0.488. The Labute approximate surface area is 199 Å². The highest BCUT2D eigenvalue weighted by Gasteiger charge is 2.41. The Morgan fingerprint density at radius 3 is 2.59 bits per heavy atom. The molecule has 0 spiro atoms. The second kappa shape index (κ2) is 8.90. The van der Waals surface area contributed by atoms with E-state index in [2.05, 4.69) is 15.3 Å². The molecule has 0 radical (unpaired) electrons.